The van der Waals surface area contributed by atoms with Crippen molar-refractivity contribution >= 4 is 58.0 Å². The smallest absolute Gasteiger partial charge is 0.257 e. The number of amides is 1. The van der Waals surface area contributed by atoms with E-state index in [9.17, 15) is 4.79 Å². The van der Waals surface area contributed by atoms with Crippen molar-refractivity contribution in [3.8, 4) is 11.3 Å². The molecule has 0 unspecified atom stereocenters. The SMILES string of the molecule is N=C/C(=C\c1ccc(-c2cc(Cl)ccc2Cl)o1)C(=O)Nc1cccc2ncccc12. The van der Waals surface area contributed by atoms with E-state index in [1.807, 2.05) is 18.2 Å². The van der Waals surface area contributed by atoms with Gasteiger partial charge in [0.25, 0.3) is 5.91 Å². The molecule has 0 aliphatic rings. The lowest BCUT2D eigenvalue weighted by Crippen LogP contribution is -2.15. The first kappa shape index (κ1) is 19.9. The lowest BCUT2D eigenvalue weighted by molar-refractivity contribution is -0.112. The van der Waals surface area contributed by atoms with Crippen LogP contribution in [0.2, 0.25) is 10.0 Å². The van der Waals surface area contributed by atoms with Crippen LogP contribution in [0.3, 0.4) is 0 Å². The number of fused-ring (bicyclic) bond motifs is 1. The summed E-state index contributed by atoms with van der Waals surface area (Å²) in [6, 6.07) is 17.7. The molecule has 0 radical (unpaired) electrons. The molecule has 1 amide bonds. The number of anilines is 1. The molecule has 30 heavy (non-hydrogen) atoms. The average Bonchev–Trinajstić information content (AvgIpc) is 3.22. The van der Waals surface area contributed by atoms with Crippen LogP contribution in [-0.4, -0.2) is 17.1 Å². The van der Waals surface area contributed by atoms with Gasteiger partial charge in [0.2, 0.25) is 0 Å². The van der Waals surface area contributed by atoms with Gasteiger partial charge in [0, 0.05) is 28.4 Å². The number of halogens is 2. The number of furan rings is 1. The quantitative estimate of drug-likeness (QED) is 0.278. The Balaban J connectivity index is 1.61. The number of benzene rings is 2. The minimum atomic E-state index is -0.430. The van der Waals surface area contributed by atoms with E-state index in [0.29, 0.717) is 32.8 Å². The number of nitrogens with one attached hydrogen (secondary N) is 2. The van der Waals surface area contributed by atoms with Crippen molar-refractivity contribution in [2.24, 2.45) is 0 Å². The zero-order chi connectivity index (χ0) is 21.1. The molecule has 2 heterocycles. The maximum absolute atomic E-state index is 12.7. The molecule has 0 saturated carbocycles. The second-order valence-corrected chi connectivity index (χ2v) is 7.24. The summed E-state index contributed by atoms with van der Waals surface area (Å²) < 4.78 is 5.80. The topological polar surface area (TPSA) is 79.0 Å². The summed E-state index contributed by atoms with van der Waals surface area (Å²) in [5, 5.41) is 12.3. The summed E-state index contributed by atoms with van der Waals surface area (Å²) in [6.45, 7) is 0. The van der Waals surface area contributed by atoms with Gasteiger partial charge in [-0.05, 0) is 60.7 Å². The molecule has 0 aliphatic carbocycles. The Morgan fingerprint density at radius 3 is 2.77 bits per heavy atom. The first-order valence-electron chi connectivity index (χ1n) is 8.97. The molecule has 5 nitrogen and oxygen atoms in total. The fourth-order valence-electron chi connectivity index (χ4n) is 2.99. The zero-order valence-electron chi connectivity index (χ0n) is 15.5. The third-order valence-corrected chi connectivity index (χ3v) is 4.99. The van der Waals surface area contributed by atoms with Crippen molar-refractivity contribution in [2.45, 2.75) is 0 Å². The van der Waals surface area contributed by atoms with Gasteiger partial charge in [-0.15, -0.1) is 0 Å². The Labute approximate surface area is 182 Å². The molecule has 7 heteroatoms. The zero-order valence-corrected chi connectivity index (χ0v) is 17.0. The van der Waals surface area contributed by atoms with Gasteiger partial charge in [-0.2, -0.15) is 0 Å². The predicted octanol–water partition coefficient (Wildman–Crippen LogP) is 6.47. The summed E-state index contributed by atoms with van der Waals surface area (Å²) >= 11 is 12.3. The van der Waals surface area contributed by atoms with E-state index >= 15 is 0 Å². The number of hydrogen-bond acceptors (Lipinski definition) is 4. The van der Waals surface area contributed by atoms with Gasteiger partial charge in [0.15, 0.2) is 0 Å². The minimum Gasteiger partial charge on any atom is -0.457 e. The Morgan fingerprint density at radius 2 is 1.93 bits per heavy atom. The summed E-state index contributed by atoms with van der Waals surface area (Å²) in [5.41, 5.74) is 2.16. The largest absolute Gasteiger partial charge is 0.457 e. The molecular formula is C23H15Cl2N3O2. The second kappa shape index (κ2) is 8.53. The van der Waals surface area contributed by atoms with Crippen LogP contribution in [0.25, 0.3) is 28.3 Å². The Kier molecular flexibility index (Phi) is 5.65. The molecule has 2 aromatic heterocycles. The van der Waals surface area contributed by atoms with E-state index in [0.717, 1.165) is 17.1 Å². The van der Waals surface area contributed by atoms with Crippen molar-refractivity contribution in [2.75, 3.05) is 5.32 Å². The molecule has 4 aromatic rings. The highest BCUT2D eigenvalue weighted by atomic mass is 35.5. The maximum Gasteiger partial charge on any atom is 0.257 e. The first-order valence-corrected chi connectivity index (χ1v) is 9.73. The number of carbonyl (C=O) groups is 1. The lowest BCUT2D eigenvalue weighted by Gasteiger charge is -2.08. The van der Waals surface area contributed by atoms with E-state index in [1.165, 1.54) is 6.08 Å². The Hall–Kier alpha value is -3.41. The van der Waals surface area contributed by atoms with Crippen LogP contribution in [-0.2, 0) is 4.79 Å². The maximum atomic E-state index is 12.7. The normalized spacial score (nSPS) is 11.5. The Bertz CT molecular complexity index is 1290. The molecule has 148 valence electrons. The van der Waals surface area contributed by atoms with Gasteiger partial charge in [0.1, 0.15) is 11.5 Å². The van der Waals surface area contributed by atoms with E-state index in [-0.39, 0.29) is 5.57 Å². The second-order valence-electron chi connectivity index (χ2n) is 6.40. The number of pyridine rings is 1. The van der Waals surface area contributed by atoms with Gasteiger partial charge in [-0.25, -0.2) is 0 Å². The predicted molar refractivity (Wildman–Crippen MR) is 121 cm³/mol. The molecule has 2 N–H and O–H groups in total. The molecule has 0 spiro atoms. The third-order valence-electron chi connectivity index (χ3n) is 4.43. The van der Waals surface area contributed by atoms with Crippen LogP contribution in [0.1, 0.15) is 5.76 Å². The van der Waals surface area contributed by atoms with Gasteiger partial charge < -0.3 is 15.1 Å². The minimum absolute atomic E-state index is 0.133. The van der Waals surface area contributed by atoms with E-state index < -0.39 is 5.91 Å². The van der Waals surface area contributed by atoms with Gasteiger partial charge in [-0.3, -0.25) is 9.78 Å². The van der Waals surface area contributed by atoms with Crippen molar-refractivity contribution in [3.05, 3.63) is 88.2 Å². The summed E-state index contributed by atoms with van der Waals surface area (Å²) in [5.74, 6) is 0.494. The molecule has 0 fully saturated rings. The fraction of sp³-hybridized carbons (Fsp3) is 0. The highest BCUT2D eigenvalue weighted by molar-refractivity contribution is 6.35. The molecule has 0 bridgehead atoms. The van der Waals surface area contributed by atoms with Crippen molar-refractivity contribution in [1.82, 2.24) is 4.98 Å². The van der Waals surface area contributed by atoms with Crippen LogP contribution in [0.5, 0.6) is 0 Å². The summed E-state index contributed by atoms with van der Waals surface area (Å²) in [6.07, 6.45) is 4.17. The number of carbonyl (C=O) groups excluding carboxylic acids is 1. The third kappa shape index (κ3) is 4.13. The average molecular weight is 436 g/mol. The number of hydrogen-bond donors (Lipinski definition) is 2. The van der Waals surface area contributed by atoms with Gasteiger partial charge >= 0.3 is 0 Å². The van der Waals surface area contributed by atoms with Crippen LogP contribution in [0, 0.1) is 5.41 Å². The van der Waals surface area contributed by atoms with Crippen LogP contribution < -0.4 is 5.32 Å². The van der Waals surface area contributed by atoms with Crippen molar-refractivity contribution in [3.63, 3.8) is 0 Å². The highest BCUT2D eigenvalue weighted by Gasteiger charge is 2.13. The van der Waals surface area contributed by atoms with Crippen LogP contribution in [0.15, 0.2) is 76.9 Å². The van der Waals surface area contributed by atoms with Gasteiger partial charge in [0.05, 0.1) is 21.8 Å². The fourth-order valence-corrected chi connectivity index (χ4v) is 3.38. The molecule has 0 saturated heterocycles. The van der Waals surface area contributed by atoms with Crippen molar-refractivity contribution in [1.29, 1.82) is 5.41 Å². The van der Waals surface area contributed by atoms with Crippen molar-refractivity contribution < 1.29 is 9.21 Å². The highest BCUT2D eigenvalue weighted by Crippen LogP contribution is 2.32. The van der Waals surface area contributed by atoms with E-state index in [2.05, 4.69) is 10.3 Å². The molecule has 2 aromatic carbocycles. The molecule has 0 aliphatic heterocycles. The van der Waals surface area contributed by atoms with E-state index in [1.54, 1.807) is 48.7 Å². The molecule has 4 rings (SSSR count). The van der Waals surface area contributed by atoms with Gasteiger partial charge in [-0.1, -0.05) is 29.3 Å². The molecular weight excluding hydrogens is 421 g/mol. The van der Waals surface area contributed by atoms with Crippen LogP contribution >= 0.6 is 23.2 Å². The summed E-state index contributed by atoms with van der Waals surface area (Å²) in [7, 11) is 0. The van der Waals surface area contributed by atoms with E-state index in [4.69, 9.17) is 33.0 Å². The summed E-state index contributed by atoms with van der Waals surface area (Å²) in [4.78, 5) is 17.0. The first-order chi connectivity index (χ1) is 14.5. The standard InChI is InChI=1S/C23H15Cl2N3O2/c24-15-6-8-19(25)18(12-15)22-9-7-16(30-22)11-14(13-26)23(29)28-21-5-1-4-20-17(21)3-2-10-27-20/h1-13,26H,(H,28,29)/b14-11+,26-13?. The van der Waals surface area contributed by atoms with Crippen LogP contribution in [0.4, 0.5) is 5.69 Å². The molecule has 0 atom stereocenters. The monoisotopic (exact) mass is 435 g/mol. The lowest BCUT2D eigenvalue weighted by atomic mass is 10.1. The number of aromatic nitrogens is 1. The Morgan fingerprint density at radius 1 is 1.07 bits per heavy atom. The number of nitrogens with zero attached hydrogens (tertiary/aromatic N) is 1. The number of rotatable bonds is 5.